The summed E-state index contributed by atoms with van der Waals surface area (Å²) in [5.74, 6) is 0. The molecule has 0 spiro atoms. The van der Waals surface area contributed by atoms with Gasteiger partial charge in [-0.2, -0.15) is 4.31 Å². The zero-order chi connectivity index (χ0) is 17.0. The molecular weight excluding hydrogens is 326 g/mol. The van der Waals surface area contributed by atoms with Gasteiger partial charge in [0.25, 0.3) is 0 Å². The number of anilines is 2. The lowest BCUT2D eigenvalue weighted by molar-refractivity contribution is 0.262. The quantitative estimate of drug-likeness (QED) is 0.894. The van der Waals surface area contributed by atoms with Gasteiger partial charge in [-0.25, -0.2) is 13.2 Å². The number of carbonyl (C=O) groups excluding carboxylic acids is 1. The molecule has 1 fully saturated rings. The molecule has 0 radical (unpaired) electrons. The lowest BCUT2D eigenvalue weighted by Crippen LogP contribution is -2.27. The summed E-state index contributed by atoms with van der Waals surface area (Å²) in [5, 5.41) is 5.38. The molecule has 2 N–H and O–H groups in total. The summed E-state index contributed by atoms with van der Waals surface area (Å²) < 4.78 is 26.4. The van der Waals surface area contributed by atoms with E-state index in [0.29, 0.717) is 24.5 Å². The van der Waals surface area contributed by atoms with Crippen molar-refractivity contribution in [3.8, 4) is 0 Å². The largest absolute Gasteiger partial charge is 0.323 e. The van der Waals surface area contributed by atoms with E-state index in [1.165, 1.54) is 16.4 Å². The van der Waals surface area contributed by atoms with Crippen molar-refractivity contribution < 1.29 is 13.2 Å². The number of urea groups is 1. The van der Waals surface area contributed by atoms with E-state index in [1.54, 1.807) is 24.3 Å². The van der Waals surface area contributed by atoms with Crippen LogP contribution in [-0.4, -0.2) is 31.8 Å². The van der Waals surface area contributed by atoms with Gasteiger partial charge in [-0.15, -0.1) is 0 Å². The van der Waals surface area contributed by atoms with E-state index in [2.05, 4.69) is 10.6 Å². The average Bonchev–Trinajstić information content (AvgIpc) is 3.11. The minimum Gasteiger partial charge on any atom is -0.308 e. The SMILES string of the molecule is O=C(Nc1ccccc1)Nc1ccc(S(=O)(=O)N2CCCC2)cc1. The molecule has 0 atom stereocenters. The Balaban J connectivity index is 1.65. The number of hydrogen-bond donors (Lipinski definition) is 2. The second kappa shape index (κ2) is 7.02. The van der Waals surface area contributed by atoms with Crippen molar-refractivity contribution in [2.45, 2.75) is 17.7 Å². The van der Waals surface area contributed by atoms with E-state index < -0.39 is 10.0 Å². The number of para-hydroxylation sites is 1. The first-order valence-electron chi connectivity index (χ1n) is 7.79. The molecule has 2 aromatic carbocycles. The zero-order valence-corrected chi connectivity index (χ0v) is 13.9. The van der Waals surface area contributed by atoms with Gasteiger partial charge < -0.3 is 10.6 Å². The van der Waals surface area contributed by atoms with Gasteiger partial charge in [0.05, 0.1) is 4.90 Å². The fourth-order valence-corrected chi connectivity index (χ4v) is 4.12. The number of nitrogens with one attached hydrogen (secondary N) is 2. The van der Waals surface area contributed by atoms with Crippen LogP contribution in [-0.2, 0) is 10.0 Å². The normalized spacial score (nSPS) is 15.2. The number of carbonyl (C=O) groups is 1. The van der Waals surface area contributed by atoms with Crippen molar-refractivity contribution in [2.24, 2.45) is 0 Å². The molecule has 0 aromatic heterocycles. The molecule has 24 heavy (non-hydrogen) atoms. The van der Waals surface area contributed by atoms with Crippen LogP contribution in [0.15, 0.2) is 59.5 Å². The van der Waals surface area contributed by atoms with E-state index in [9.17, 15) is 13.2 Å². The molecule has 3 rings (SSSR count). The van der Waals surface area contributed by atoms with Gasteiger partial charge in [0.1, 0.15) is 0 Å². The van der Waals surface area contributed by atoms with E-state index in [0.717, 1.165) is 12.8 Å². The maximum atomic E-state index is 12.4. The molecule has 6 nitrogen and oxygen atoms in total. The number of hydrogen-bond acceptors (Lipinski definition) is 3. The standard InChI is InChI=1S/C17H19N3O3S/c21-17(18-14-6-2-1-3-7-14)19-15-8-10-16(11-9-15)24(22,23)20-12-4-5-13-20/h1-3,6-11H,4-5,12-13H2,(H2,18,19,21). The summed E-state index contributed by atoms with van der Waals surface area (Å²) >= 11 is 0. The van der Waals surface area contributed by atoms with Gasteiger partial charge >= 0.3 is 6.03 Å². The van der Waals surface area contributed by atoms with Gasteiger partial charge in [0.15, 0.2) is 0 Å². The minimum absolute atomic E-state index is 0.249. The highest BCUT2D eigenvalue weighted by molar-refractivity contribution is 7.89. The van der Waals surface area contributed by atoms with Crippen molar-refractivity contribution in [2.75, 3.05) is 23.7 Å². The first-order valence-corrected chi connectivity index (χ1v) is 9.23. The summed E-state index contributed by atoms with van der Waals surface area (Å²) in [4.78, 5) is 12.2. The third-order valence-corrected chi connectivity index (χ3v) is 5.76. The third-order valence-electron chi connectivity index (χ3n) is 3.85. The van der Waals surface area contributed by atoms with Crippen LogP contribution in [0.1, 0.15) is 12.8 Å². The molecule has 0 bridgehead atoms. The second-order valence-electron chi connectivity index (χ2n) is 5.58. The van der Waals surface area contributed by atoms with Crippen molar-refractivity contribution in [3.63, 3.8) is 0 Å². The highest BCUT2D eigenvalue weighted by Crippen LogP contribution is 2.22. The highest BCUT2D eigenvalue weighted by Gasteiger charge is 2.26. The van der Waals surface area contributed by atoms with Gasteiger partial charge in [0, 0.05) is 24.5 Å². The maximum Gasteiger partial charge on any atom is 0.323 e. The fourth-order valence-electron chi connectivity index (χ4n) is 2.60. The molecule has 1 saturated heterocycles. The molecule has 1 aliphatic heterocycles. The molecular formula is C17H19N3O3S. The van der Waals surface area contributed by atoms with Gasteiger partial charge in [-0.3, -0.25) is 0 Å². The first-order chi connectivity index (χ1) is 11.6. The van der Waals surface area contributed by atoms with Crippen LogP contribution in [0.25, 0.3) is 0 Å². The van der Waals surface area contributed by atoms with Crippen LogP contribution in [0.3, 0.4) is 0 Å². The smallest absolute Gasteiger partial charge is 0.308 e. The van der Waals surface area contributed by atoms with Crippen LogP contribution >= 0.6 is 0 Å². The summed E-state index contributed by atoms with van der Waals surface area (Å²) in [5.41, 5.74) is 1.21. The Kier molecular flexibility index (Phi) is 4.82. The molecule has 1 heterocycles. The molecule has 0 saturated carbocycles. The Bertz CT molecular complexity index is 799. The van der Waals surface area contributed by atoms with Crippen molar-refractivity contribution in [3.05, 3.63) is 54.6 Å². The number of rotatable bonds is 4. The Morgan fingerprint density at radius 2 is 1.38 bits per heavy atom. The maximum absolute atomic E-state index is 12.4. The molecule has 2 aromatic rings. The van der Waals surface area contributed by atoms with E-state index in [4.69, 9.17) is 0 Å². The van der Waals surface area contributed by atoms with Crippen molar-refractivity contribution in [1.29, 1.82) is 0 Å². The zero-order valence-electron chi connectivity index (χ0n) is 13.1. The van der Waals surface area contributed by atoms with Crippen LogP contribution in [0.5, 0.6) is 0 Å². The third kappa shape index (κ3) is 3.74. The van der Waals surface area contributed by atoms with E-state index >= 15 is 0 Å². The molecule has 7 heteroatoms. The average molecular weight is 345 g/mol. The van der Waals surface area contributed by atoms with Crippen molar-refractivity contribution in [1.82, 2.24) is 4.31 Å². The van der Waals surface area contributed by atoms with Crippen molar-refractivity contribution >= 4 is 27.4 Å². The predicted molar refractivity (Wildman–Crippen MR) is 93.5 cm³/mol. The summed E-state index contributed by atoms with van der Waals surface area (Å²) in [6.07, 6.45) is 1.80. The molecule has 0 aliphatic carbocycles. The second-order valence-corrected chi connectivity index (χ2v) is 7.52. The van der Waals surface area contributed by atoms with Crippen LogP contribution in [0.2, 0.25) is 0 Å². The number of amides is 2. The Hall–Kier alpha value is -2.38. The van der Waals surface area contributed by atoms with Crippen LogP contribution < -0.4 is 10.6 Å². The van der Waals surface area contributed by atoms with Crippen LogP contribution in [0.4, 0.5) is 16.2 Å². The first kappa shape index (κ1) is 16.5. The van der Waals surface area contributed by atoms with Gasteiger partial charge in [-0.1, -0.05) is 18.2 Å². The predicted octanol–water partition coefficient (Wildman–Crippen LogP) is 3.12. The number of benzene rings is 2. The Morgan fingerprint density at radius 1 is 0.833 bits per heavy atom. The number of sulfonamides is 1. The lowest BCUT2D eigenvalue weighted by Gasteiger charge is -2.15. The molecule has 0 unspecified atom stereocenters. The summed E-state index contributed by atoms with van der Waals surface area (Å²) in [6, 6.07) is 14.9. The Morgan fingerprint density at radius 3 is 1.96 bits per heavy atom. The molecule has 126 valence electrons. The topological polar surface area (TPSA) is 78.5 Å². The van der Waals surface area contributed by atoms with Gasteiger partial charge in [-0.05, 0) is 49.2 Å². The van der Waals surface area contributed by atoms with Crippen LogP contribution in [0, 0.1) is 0 Å². The fraction of sp³-hybridized carbons (Fsp3) is 0.235. The monoisotopic (exact) mass is 345 g/mol. The van der Waals surface area contributed by atoms with E-state index in [1.807, 2.05) is 18.2 Å². The summed E-state index contributed by atoms with van der Waals surface area (Å²) in [6.45, 7) is 1.14. The Labute approximate surface area is 141 Å². The summed E-state index contributed by atoms with van der Waals surface area (Å²) in [7, 11) is -3.43. The molecule has 1 aliphatic rings. The minimum atomic E-state index is -3.43. The highest BCUT2D eigenvalue weighted by atomic mass is 32.2. The molecule has 2 amide bonds. The van der Waals surface area contributed by atoms with E-state index in [-0.39, 0.29) is 10.9 Å². The van der Waals surface area contributed by atoms with Gasteiger partial charge in [0.2, 0.25) is 10.0 Å². The number of nitrogens with zero attached hydrogens (tertiary/aromatic N) is 1. The lowest BCUT2D eigenvalue weighted by atomic mass is 10.3.